The number of carbonyl (C=O) groups excluding carboxylic acids is 1. The molecule has 2 aliphatic rings. The largest absolute Gasteiger partial charge is 0.497 e. The van der Waals surface area contributed by atoms with Crippen molar-refractivity contribution in [2.24, 2.45) is 0 Å². The number of likely N-dealkylation sites (tertiary alicyclic amines) is 1. The summed E-state index contributed by atoms with van der Waals surface area (Å²) in [6, 6.07) is 13.7. The van der Waals surface area contributed by atoms with Crippen LogP contribution in [0, 0.1) is 0 Å². The van der Waals surface area contributed by atoms with Crippen molar-refractivity contribution in [1.29, 1.82) is 0 Å². The van der Waals surface area contributed by atoms with E-state index in [2.05, 4.69) is 32.5 Å². The fourth-order valence-corrected chi connectivity index (χ4v) is 4.91. The zero-order valence-corrected chi connectivity index (χ0v) is 20.4. The van der Waals surface area contributed by atoms with Crippen LogP contribution in [0.5, 0.6) is 17.2 Å². The molecule has 2 aliphatic heterocycles. The SMILES string of the molecule is COc1ccc([C@@H](CNC(=O)CSc2nnc(-c3ccc4c(c3)OCO4)o2)N2CCCCC2)cc1. The van der Waals surface area contributed by atoms with Gasteiger partial charge in [-0.05, 0) is 61.8 Å². The van der Waals surface area contributed by atoms with E-state index in [9.17, 15) is 4.79 Å². The maximum Gasteiger partial charge on any atom is 0.277 e. The van der Waals surface area contributed by atoms with Crippen LogP contribution in [0.1, 0.15) is 30.9 Å². The summed E-state index contributed by atoms with van der Waals surface area (Å²) in [5.41, 5.74) is 1.91. The molecular formula is C25H28N4O5S. The van der Waals surface area contributed by atoms with Crippen LogP contribution in [0.2, 0.25) is 0 Å². The minimum atomic E-state index is -0.0756. The molecule has 0 saturated carbocycles. The molecule has 1 aromatic heterocycles. The molecule has 0 radical (unpaired) electrons. The first-order chi connectivity index (χ1) is 17.2. The number of thioether (sulfide) groups is 1. The van der Waals surface area contributed by atoms with E-state index in [-0.39, 0.29) is 24.5 Å². The van der Waals surface area contributed by atoms with Crippen molar-refractivity contribution in [3.8, 4) is 28.7 Å². The topological polar surface area (TPSA) is 99.0 Å². The predicted octanol–water partition coefficient (Wildman–Crippen LogP) is 3.91. The number of amides is 1. The quantitative estimate of drug-likeness (QED) is 0.442. The Bertz CT molecular complexity index is 1150. The van der Waals surface area contributed by atoms with Gasteiger partial charge in [-0.25, -0.2) is 0 Å². The Labute approximate surface area is 208 Å². The third kappa shape index (κ3) is 5.71. The van der Waals surface area contributed by atoms with E-state index in [1.54, 1.807) is 13.2 Å². The molecule has 3 aromatic rings. The van der Waals surface area contributed by atoms with Crippen molar-refractivity contribution in [2.45, 2.75) is 30.5 Å². The third-order valence-corrected chi connectivity index (χ3v) is 7.00. The maximum atomic E-state index is 12.6. The minimum absolute atomic E-state index is 0.0756. The summed E-state index contributed by atoms with van der Waals surface area (Å²) in [6.45, 7) is 2.81. The summed E-state index contributed by atoms with van der Waals surface area (Å²) < 4.78 is 21.8. The molecule has 184 valence electrons. The molecule has 1 amide bonds. The average Bonchev–Trinajstić information content (AvgIpc) is 3.58. The molecule has 2 aromatic carbocycles. The van der Waals surface area contributed by atoms with E-state index < -0.39 is 0 Å². The van der Waals surface area contributed by atoms with E-state index >= 15 is 0 Å². The Morgan fingerprint density at radius 3 is 2.69 bits per heavy atom. The van der Waals surface area contributed by atoms with Gasteiger partial charge in [-0.15, -0.1) is 10.2 Å². The molecule has 9 nitrogen and oxygen atoms in total. The molecule has 0 unspecified atom stereocenters. The number of aromatic nitrogens is 2. The summed E-state index contributed by atoms with van der Waals surface area (Å²) in [5.74, 6) is 2.65. The van der Waals surface area contributed by atoms with Crippen LogP contribution in [0.25, 0.3) is 11.5 Å². The Kier molecular flexibility index (Phi) is 7.39. The Hall–Kier alpha value is -3.24. The number of hydrogen-bond acceptors (Lipinski definition) is 9. The van der Waals surface area contributed by atoms with Crippen LogP contribution in [0.3, 0.4) is 0 Å². The third-order valence-electron chi connectivity index (χ3n) is 6.18. The summed E-state index contributed by atoms with van der Waals surface area (Å²) in [6.07, 6.45) is 3.62. The highest BCUT2D eigenvalue weighted by Crippen LogP contribution is 2.36. The summed E-state index contributed by atoms with van der Waals surface area (Å²) in [5, 5.41) is 11.6. The average molecular weight is 497 g/mol. The smallest absolute Gasteiger partial charge is 0.277 e. The monoisotopic (exact) mass is 496 g/mol. The number of nitrogens with one attached hydrogen (secondary N) is 1. The number of ether oxygens (including phenoxy) is 3. The lowest BCUT2D eigenvalue weighted by atomic mass is 10.0. The number of benzene rings is 2. The zero-order valence-electron chi connectivity index (χ0n) is 19.6. The van der Waals surface area contributed by atoms with Crippen LogP contribution in [0.4, 0.5) is 0 Å². The molecule has 1 fully saturated rings. The molecule has 10 heteroatoms. The summed E-state index contributed by atoms with van der Waals surface area (Å²) >= 11 is 1.22. The van der Waals surface area contributed by atoms with Crippen LogP contribution >= 0.6 is 11.8 Å². The highest BCUT2D eigenvalue weighted by Gasteiger charge is 2.23. The number of hydrogen-bond donors (Lipinski definition) is 1. The van der Waals surface area contributed by atoms with Gasteiger partial charge in [-0.1, -0.05) is 30.3 Å². The number of nitrogens with zero attached hydrogens (tertiary/aromatic N) is 3. The second-order valence-corrected chi connectivity index (χ2v) is 9.35. The summed E-state index contributed by atoms with van der Waals surface area (Å²) in [7, 11) is 1.66. The van der Waals surface area contributed by atoms with Gasteiger partial charge >= 0.3 is 0 Å². The standard InChI is InChI=1S/C25H28N4O5S/c1-31-19-8-5-17(6-9-19)20(29-11-3-2-4-12-29)14-26-23(30)15-35-25-28-27-24(34-25)18-7-10-21-22(13-18)33-16-32-21/h5-10,13,20H,2-4,11-12,14-16H2,1H3,(H,26,30)/t20-/m1/s1. The number of fused-ring (bicyclic) bond motifs is 1. The molecule has 0 bridgehead atoms. The van der Waals surface area contributed by atoms with Gasteiger partial charge in [0.05, 0.1) is 18.9 Å². The first-order valence-corrected chi connectivity index (χ1v) is 12.7. The van der Waals surface area contributed by atoms with Crippen LogP contribution in [-0.2, 0) is 4.79 Å². The second-order valence-electron chi connectivity index (χ2n) is 8.42. The fraction of sp³-hybridized carbons (Fsp3) is 0.400. The number of rotatable bonds is 9. The van der Waals surface area contributed by atoms with E-state index in [1.165, 1.54) is 36.6 Å². The number of methoxy groups -OCH3 is 1. The predicted molar refractivity (Wildman–Crippen MR) is 131 cm³/mol. The van der Waals surface area contributed by atoms with Crippen LogP contribution in [0.15, 0.2) is 52.1 Å². The molecule has 1 N–H and O–H groups in total. The zero-order chi connectivity index (χ0) is 24.0. The van der Waals surface area contributed by atoms with Gasteiger partial charge in [0.25, 0.3) is 5.22 Å². The molecule has 1 atom stereocenters. The van der Waals surface area contributed by atoms with E-state index in [4.69, 9.17) is 18.6 Å². The normalized spacial score (nSPS) is 16.1. The van der Waals surface area contributed by atoms with Crippen molar-refractivity contribution >= 4 is 17.7 Å². The van der Waals surface area contributed by atoms with Crippen LogP contribution in [-0.4, -0.2) is 60.3 Å². The van der Waals surface area contributed by atoms with Crippen molar-refractivity contribution < 1.29 is 23.4 Å². The van der Waals surface area contributed by atoms with Gasteiger partial charge in [-0.3, -0.25) is 9.69 Å². The molecule has 0 spiro atoms. The highest BCUT2D eigenvalue weighted by atomic mass is 32.2. The van der Waals surface area contributed by atoms with Crippen molar-refractivity contribution in [2.75, 3.05) is 39.3 Å². The van der Waals surface area contributed by atoms with Gasteiger partial charge in [0, 0.05) is 12.1 Å². The van der Waals surface area contributed by atoms with Crippen molar-refractivity contribution in [1.82, 2.24) is 20.4 Å². The van der Waals surface area contributed by atoms with Crippen molar-refractivity contribution in [3.05, 3.63) is 48.0 Å². The van der Waals surface area contributed by atoms with Gasteiger partial charge in [0.2, 0.25) is 18.6 Å². The van der Waals surface area contributed by atoms with Crippen molar-refractivity contribution in [3.63, 3.8) is 0 Å². The molecule has 0 aliphatic carbocycles. The number of carbonyl (C=O) groups is 1. The van der Waals surface area contributed by atoms with E-state index in [1.807, 2.05) is 24.3 Å². The Morgan fingerprint density at radius 2 is 1.89 bits per heavy atom. The van der Waals surface area contributed by atoms with Gasteiger partial charge in [0.1, 0.15) is 5.75 Å². The fourth-order valence-electron chi connectivity index (χ4n) is 4.32. The van der Waals surface area contributed by atoms with Gasteiger partial charge in [-0.2, -0.15) is 0 Å². The second kappa shape index (κ2) is 11.0. The molecule has 1 saturated heterocycles. The molecule has 3 heterocycles. The van der Waals surface area contributed by atoms with Gasteiger partial charge in [0.15, 0.2) is 11.5 Å². The van der Waals surface area contributed by atoms with E-state index in [0.29, 0.717) is 29.2 Å². The lowest BCUT2D eigenvalue weighted by molar-refractivity contribution is -0.118. The maximum absolute atomic E-state index is 12.6. The Balaban J connectivity index is 1.17. The minimum Gasteiger partial charge on any atom is -0.497 e. The molecule has 35 heavy (non-hydrogen) atoms. The highest BCUT2D eigenvalue weighted by molar-refractivity contribution is 7.99. The van der Waals surface area contributed by atoms with Crippen LogP contribution < -0.4 is 19.5 Å². The van der Waals surface area contributed by atoms with Gasteiger partial charge < -0.3 is 23.9 Å². The summed E-state index contributed by atoms with van der Waals surface area (Å²) in [4.78, 5) is 15.1. The molecular weight excluding hydrogens is 468 g/mol. The number of piperidine rings is 1. The first-order valence-electron chi connectivity index (χ1n) is 11.7. The first kappa shape index (κ1) is 23.5. The molecule has 5 rings (SSSR count). The lowest BCUT2D eigenvalue weighted by Gasteiger charge is -2.35. The lowest BCUT2D eigenvalue weighted by Crippen LogP contribution is -2.41. The van der Waals surface area contributed by atoms with E-state index in [0.717, 1.165) is 24.4 Å². The Morgan fingerprint density at radius 1 is 1.09 bits per heavy atom.